The van der Waals surface area contributed by atoms with Crippen LogP contribution in [0.15, 0.2) is 49.1 Å². The normalized spacial score (nSPS) is 16.8. The van der Waals surface area contributed by atoms with Gasteiger partial charge in [-0.25, -0.2) is 24.9 Å². The predicted molar refractivity (Wildman–Crippen MR) is 95.9 cm³/mol. The number of anilines is 3. The molecular weight excluding hydrogens is 314 g/mol. The third kappa shape index (κ3) is 3.55. The molecule has 0 spiro atoms. The van der Waals surface area contributed by atoms with E-state index in [-0.39, 0.29) is 0 Å². The molecule has 0 bridgehead atoms. The van der Waals surface area contributed by atoms with E-state index in [0.29, 0.717) is 11.9 Å². The third-order valence-electron chi connectivity index (χ3n) is 4.27. The van der Waals surface area contributed by atoms with Crippen molar-refractivity contribution in [3.63, 3.8) is 0 Å². The first-order valence-corrected chi connectivity index (χ1v) is 8.32. The molecule has 25 heavy (non-hydrogen) atoms. The van der Waals surface area contributed by atoms with Crippen molar-refractivity contribution in [3.05, 3.63) is 60.3 Å². The number of hydrogen-bond acceptors (Lipinski definition) is 7. The van der Waals surface area contributed by atoms with Gasteiger partial charge in [-0.2, -0.15) is 0 Å². The molecule has 7 heteroatoms. The Morgan fingerprint density at radius 3 is 2.72 bits per heavy atom. The van der Waals surface area contributed by atoms with E-state index in [0.717, 1.165) is 42.5 Å². The number of nitrogens with zero attached hydrogens (tertiary/aromatic N) is 6. The molecule has 0 radical (unpaired) electrons. The Bertz CT molecular complexity index is 836. The Morgan fingerprint density at radius 2 is 1.92 bits per heavy atom. The van der Waals surface area contributed by atoms with Crippen molar-refractivity contribution in [1.82, 2.24) is 24.9 Å². The quantitative estimate of drug-likeness (QED) is 0.786. The van der Waals surface area contributed by atoms with Crippen LogP contribution in [0.1, 0.15) is 23.6 Å². The molecule has 1 unspecified atom stereocenters. The van der Waals surface area contributed by atoms with Gasteiger partial charge in [0.15, 0.2) is 0 Å². The van der Waals surface area contributed by atoms with Crippen molar-refractivity contribution in [2.75, 3.05) is 23.3 Å². The smallest absolute Gasteiger partial charge is 0.228 e. The lowest BCUT2D eigenvalue weighted by atomic mass is 10.1. The van der Waals surface area contributed by atoms with Crippen molar-refractivity contribution in [2.45, 2.75) is 19.3 Å². The zero-order chi connectivity index (χ0) is 17.1. The third-order valence-corrected chi connectivity index (χ3v) is 4.27. The summed E-state index contributed by atoms with van der Waals surface area (Å²) in [6, 6.07) is 7.75. The Balaban J connectivity index is 1.47. The molecule has 7 nitrogen and oxygen atoms in total. The van der Waals surface area contributed by atoms with Gasteiger partial charge in [-0.05, 0) is 37.1 Å². The van der Waals surface area contributed by atoms with Crippen molar-refractivity contribution < 1.29 is 0 Å². The van der Waals surface area contributed by atoms with Crippen LogP contribution in [0, 0.1) is 6.92 Å². The van der Waals surface area contributed by atoms with E-state index in [1.807, 2.05) is 37.4 Å². The minimum Gasteiger partial charge on any atom is -0.340 e. The van der Waals surface area contributed by atoms with Crippen LogP contribution in [-0.2, 0) is 0 Å². The minimum atomic E-state index is 0.346. The lowest BCUT2D eigenvalue weighted by Crippen LogP contribution is -2.21. The molecule has 0 amide bonds. The van der Waals surface area contributed by atoms with Crippen LogP contribution in [0.3, 0.4) is 0 Å². The van der Waals surface area contributed by atoms with Crippen LogP contribution in [0.2, 0.25) is 0 Å². The number of nitrogens with one attached hydrogen (secondary N) is 1. The molecule has 1 fully saturated rings. The highest BCUT2D eigenvalue weighted by Gasteiger charge is 2.26. The highest BCUT2D eigenvalue weighted by Crippen LogP contribution is 2.28. The molecule has 0 aliphatic carbocycles. The van der Waals surface area contributed by atoms with Gasteiger partial charge in [0.1, 0.15) is 5.82 Å². The second kappa shape index (κ2) is 6.80. The summed E-state index contributed by atoms with van der Waals surface area (Å²) in [7, 11) is 0. The molecule has 1 saturated heterocycles. The molecule has 0 saturated carbocycles. The summed E-state index contributed by atoms with van der Waals surface area (Å²) in [5, 5.41) is 3.17. The van der Waals surface area contributed by atoms with Crippen molar-refractivity contribution in [3.8, 4) is 0 Å². The Kier molecular flexibility index (Phi) is 4.20. The Hall–Kier alpha value is -3.09. The van der Waals surface area contributed by atoms with Gasteiger partial charge in [0.05, 0.1) is 5.69 Å². The van der Waals surface area contributed by atoms with Gasteiger partial charge in [0.25, 0.3) is 0 Å². The largest absolute Gasteiger partial charge is 0.340 e. The summed E-state index contributed by atoms with van der Waals surface area (Å²) in [5.41, 5.74) is 2.15. The van der Waals surface area contributed by atoms with Crippen LogP contribution in [0.5, 0.6) is 0 Å². The van der Waals surface area contributed by atoms with Crippen molar-refractivity contribution >= 4 is 17.7 Å². The average molecular weight is 333 g/mol. The Labute approximate surface area is 146 Å². The Morgan fingerprint density at radius 1 is 1.04 bits per heavy atom. The van der Waals surface area contributed by atoms with E-state index >= 15 is 0 Å². The molecule has 4 heterocycles. The maximum atomic E-state index is 4.67. The van der Waals surface area contributed by atoms with E-state index in [9.17, 15) is 0 Å². The molecule has 3 aromatic rings. The number of aryl methyl sites for hydroxylation is 1. The fraction of sp³-hybridized carbons (Fsp3) is 0.278. The molecular formula is C18H19N7. The number of pyridine rings is 1. The molecule has 1 aliphatic rings. The summed E-state index contributed by atoms with van der Waals surface area (Å²) in [6.07, 6.45) is 8.19. The van der Waals surface area contributed by atoms with E-state index in [2.05, 4.69) is 35.1 Å². The zero-order valence-electron chi connectivity index (χ0n) is 14.0. The van der Waals surface area contributed by atoms with E-state index in [1.165, 1.54) is 0 Å². The lowest BCUT2D eigenvalue weighted by molar-refractivity contribution is 0.739. The van der Waals surface area contributed by atoms with Gasteiger partial charge in [0, 0.05) is 43.8 Å². The number of hydrogen-bond donors (Lipinski definition) is 1. The fourth-order valence-corrected chi connectivity index (χ4v) is 2.95. The van der Waals surface area contributed by atoms with E-state index in [4.69, 9.17) is 0 Å². The molecule has 0 aromatic carbocycles. The maximum Gasteiger partial charge on any atom is 0.228 e. The van der Waals surface area contributed by atoms with Crippen LogP contribution >= 0.6 is 0 Å². The lowest BCUT2D eigenvalue weighted by Gasteiger charge is -2.15. The van der Waals surface area contributed by atoms with Gasteiger partial charge in [-0.3, -0.25) is 0 Å². The van der Waals surface area contributed by atoms with Crippen molar-refractivity contribution in [2.24, 2.45) is 0 Å². The first-order valence-electron chi connectivity index (χ1n) is 8.32. The average Bonchev–Trinajstić information content (AvgIpc) is 3.15. The standard InChI is InChI=1S/C18H19N7/c1-13-3-4-16(22-11-13)24-17-19-9-5-15(23-17)14-6-10-25(12-14)18-20-7-2-8-21-18/h2-5,7-9,11,14H,6,10,12H2,1H3,(H,19,22,23,24). The van der Waals surface area contributed by atoms with Gasteiger partial charge < -0.3 is 10.2 Å². The highest BCUT2D eigenvalue weighted by atomic mass is 15.3. The second-order valence-electron chi connectivity index (χ2n) is 6.13. The van der Waals surface area contributed by atoms with Gasteiger partial charge >= 0.3 is 0 Å². The van der Waals surface area contributed by atoms with Crippen LogP contribution < -0.4 is 10.2 Å². The van der Waals surface area contributed by atoms with Crippen molar-refractivity contribution in [1.29, 1.82) is 0 Å². The number of rotatable bonds is 4. The second-order valence-corrected chi connectivity index (χ2v) is 6.13. The first-order chi connectivity index (χ1) is 12.3. The van der Waals surface area contributed by atoms with E-state index < -0.39 is 0 Å². The first kappa shape index (κ1) is 15.4. The van der Waals surface area contributed by atoms with Crippen LogP contribution in [0.4, 0.5) is 17.7 Å². The molecule has 4 rings (SSSR count). The van der Waals surface area contributed by atoms with Crippen LogP contribution in [0.25, 0.3) is 0 Å². The van der Waals surface area contributed by atoms with Gasteiger partial charge in [-0.1, -0.05) is 6.07 Å². The predicted octanol–water partition coefficient (Wildman–Crippen LogP) is 2.71. The maximum absolute atomic E-state index is 4.67. The minimum absolute atomic E-state index is 0.346. The molecule has 3 aromatic heterocycles. The molecule has 1 N–H and O–H groups in total. The van der Waals surface area contributed by atoms with Gasteiger partial charge in [-0.15, -0.1) is 0 Å². The molecule has 126 valence electrons. The summed E-state index contributed by atoms with van der Waals surface area (Å²) in [6.45, 7) is 3.81. The van der Waals surface area contributed by atoms with E-state index in [1.54, 1.807) is 18.6 Å². The summed E-state index contributed by atoms with van der Waals surface area (Å²) in [4.78, 5) is 24.2. The van der Waals surface area contributed by atoms with Gasteiger partial charge in [0.2, 0.25) is 11.9 Å². The summed E-state index contributed by atoms with van der Waals surface area (Å²) in [5.74, 6) is 2.44. The highest BCUT2D eigenvalue weighted by molar-refractivity contribution is 5.47. The SMILES string of the molecule is Cc1ccc(Nc2nccc(C3CCN(c4ncccn4)C3)n2)nc1. The summed E-state index contributed by atoms with van der Waals surface area (Å²) < 4.78 is 0. The topological polar surface area (TPSA) is 79.7 Å². The number of aromatic nitrogens is 5. The monoisotopic (exact) mass is 333 g/mol. The zero-order valence-corrected chi connectivity index (χ0v) is 14.0. The van der Waals surface area contributed by atoms with Crippen LogP contribution in [-0.4, -0.2) is 38.0 Å². The molecule has 1 atom stereocenters. The molecule has 1 aliphatic heterocycles. The fourth-order valence-electron chi connectivity index (χ4n) is 2.95. The summed E-state index contributed by atoms with van der Waals surface area (Å²) >= 11 is 0.